The van der Waals surface area contributed by atoms with Gasteiger partial charge < -0.3 is 9.72 Å². The van der Waals surface area contributed by atoms with Crippen LogP contribution in [-0.2, 0) is 4.74 Å². The normalized spacial score (nSPS) is 22.9. The van der Waals surface area contributed by atoms with Crippen molar-refractivity contribution < 1.29 is 9.53 Å². The standard InChI is InChI=1S/C22H26BrN3O2/c1-12-10-18(26(13(12)2)21(27)28-22(3,4)5)20-24-17-9-6-14-11-15(23)7-8-16(14)19(17)25-20/h6-9,11-13,18H,10H2,1-5H3,(H,24,25)/t12?,13-,18+/m1/s1. The second kappa shape index (κ2) is 6.76. The molecule has 0 saturated carbocycles. The van der Waals surface area contributed by atoms with Gasteiger partial charge in [-0.2, -0.15) is 0 Å². The number of rotatable bonds is 1. The largest absolute Gasteiger partial charge is 0.444 e. The van der Waals surface area contributed by atoms with Crippen LogP contribution in [0.15, 0.2) is 34.8 Å². The SMILES string of the molecule is CC1C[C@@H](c2nc3ccc4cc(Br)ccc4c3[nH]2)N(C(=O)OC(C)(C)C)[C@@H]1C. The summed E-state index contributed by atoms with van der Waals surface area (Å²) in [5.74, 6) is 1.20. The monoisotopic (exact) mass is 443 g/mol. The molecule has 6 heteroatoms. The fourth-order valence-electron chi connectivity index (χ4n) is 4.03. The first-order chi connectivity index (χ1) is 13.1. The highest BCUT2D eigenvalue weighted by Gasteiger charge is 2.43. The summed E-state index contributed by atoms with van der Waals surface area (Å²) in [6.45, 7) is 9.96. The number of aromatic nitrogens is 2. The molecule has 28 heavy (non-hydrogen) atoms. The molecule has 2 aromatic carbocycles. The number of amides is 1. The molecule has 4 rings (SSSR count). The van der Waals surface area contributed by atoms with Crippen LogP contribution in [0.2, 0.25) is 0 Å². The van der Waals surface area contributed by atoms with Gasteiger partial charge in [-0.05, 0) is 63.6 Å². The first-order valence-electron chi connectivity index (χ1n) is 9.73. The second-order valence-electron chi connectivity index (χ2n) is 8.80. The van der Waals surface area contributed by atoms with Crippen molar-refractivity contribution in [2.75, 3.05) is 0 Å². The van der Waals surface area contributed by atoms with Gasteiger partial charge in [0, 0.05) is 15.9 Å². The van der Waals surface area contributed by atoms with Gasteiger partial charge in [0.2, 0.25) is 0 Å². The molecule has 1 fully saturated rings. The number of nitrogens with zero attached hydrogens (tertiary/aromatic N) is 2. The minimum Gasteiger partial charge on any atom is -0.444 e. The number of benzene rings is 2. The zero-order chi connectivity index (χ0) is 20.2. The highest BCUT2D eigenvalue weighted by atomic mass is 79.9. The zero-order valence-corrected chi connectivity index (χ0v) is 18.5. The lowest BCUT2D eigenvalue weighted by Crippen LogP contribution is -2.41. The number of aromatic amines is 1. The summed E-state index contributed by atoms with van der Waals surface area (Å²) in [7, 11) is 0. The van der Waals surface area contributed by atoms with E-state index < -0.39 is 5.60 Å². The van der Waals surface area contributed by atoms with E-state index in [0.717, 1.165) is 38.5 Å². The quantitative estimate of drug-likeness (QED) is 0.487. The number of fused-ring (bicyclic) bond motifs is 3. The molecule has 1 amide bonds. The predicted octanol–water partition coefficient (Wildman–Crippen LogP) is 6.19. The minimum atomic E-state index is -0.523. The molecule has 1 aliphatic rings. The van der Waals surface area contributed by atoms with Crippen LogP contribution in [0, 0.1) is 5.92 Å². The Morgan fingerprint density at radius 3 is 2.71 bits per heavy atom. The van der Waals surface area contributed by atoms with Crippen molar-refractivity contribution in [1.29, 1.82) is 0 Å². The van der Waals surface area contributed by atoms with Crippen LogP contribution >= 0.6 is 15.9 Å². The Kier molecular flexibility index (Phi) is 4.65. The van der Waals surface area contributed by atoms with Crippen molar-refractivity contribution in [3.05, 3.63) is 40.6 Å². The van der Waals surface area contributed by atoms with Crippen molar-refractivity contribution in [3.63, 3.8) is 0 Å². The molecule has 1 saturated heterocycles. The van der Waals surface area contributed by atoms with Crippen molar-refractivity contribution in [3.8, 4) is 0 Å². The lowest BCUT2D eigenvalue weighted by atomic mass is 10.0. The summed E-state index contributed by atoms with van der Waals surface area (Å²) in [4.78, 5) is 23.1. The second-order valence-corrected chi connectivity index (χ2v) is 9.72. The average Bonchev–Trinajstić information content (AvgIpc) is 3.14. The maximum absolute atomic E-state index is 12.9. The molecule has 148 valence electrons. The third-order valence-corrected chi connectivity index (χ3v) is 6.06. The van der Waals surface area contributed by atoms with Crippen molar-refractivity contribution in [1.82, 2.24) is 14.9 Å². The molecule has 2 heterocycles. The average molecular weight is 444 g/mol. The van der Waals surface area contributed by atoms with Gasteiger partial charge in [-0.25, -0.2) is 9.78 Å². The van der Waals surface area contributed by atoms with Gasteiger partial charge >= 0.3 is 6.09 Å². The Bertz CT molecular complexity index is 1050. The molecule has 3 aromatic rings. The molecule has 5 nitrogen and oxygen atoms in total. The maximum atomic E-state index is 12.9. The van der Waals surface area contributed by atoms with E-state index in [-0.39, 0.29) is 18.2 Å². The highest BCUT2D eigenvalue weighted by Crippen LogP contribution is 2.40. The number of H-pyrrole nitrogens is 1. The summed E-state index contributed by atoms with van der Waals surface area (Å²) in [6, 6.07) is 10.3. The van der Waals surface area contributed by atoms with Gasteiger partial charge in [0.05, 0.1) is 17.1 Å². The van der Waals surface area contributed by atoms with Gasteiger partial charge in [0.15, 0.2) is 0 Å². The number of hydrogen-bond acceptors (Lipinski definition) is 3. The van der Waals surface area contributed by atoms with Crippen LogP contribution in [0.3, 0.4) is 0 Å². The van der Waals surface area contributed by atoms with Crippen LogP contribution in [0.25, 0.3) is 21.8 Å². The van der Waals surface area contributed by atoms with Crippen LogP contribution in [0.5, 0.6) is 0 Å². The molecule has 1 unspecified atom stereocenters. The summed E-state index contributed by atoms with van der Waals surface area (Å²) in [5, 5.41) is 2.27. The Morgan fingerprint density at radius 1 is 1.25 bits per heavy atom. The first kappa shape index (κ1) is 19.2. The van der Waals surface area contributed by atoms with E-state index >= 15 is 0 Å². The van der Waals surface area contributed by atoms with E-state index in [1.165, 1.54) is 0 Å². The van der Waals surface area contributed by atoms with Gasteiger partial charge in [-0.1, -0.05) is 35.0 Å². The van der Waals surface area contributed by atoms with Crippen LogP contribution in [0.1, 0.15) is 52.9 Å². The topological polar surface area (TPSA) is 58.2 Å². The summed E-state index contributed by atoms with van der Waals surface area (Å²) < 4.78 is 6.74. The molecule has 3 atom stereocenters. The molecule has 0 bridgehead atoms. The molecular formula is C22H26BrN3O2. The predicted molar refractivity (Wildman–Crippen MR) is 115 cm³/mol. The number of halogens is 1. The van der Waals surface area contributed by atoms with Gasteiger partial charge in [0.25, 0.3) is 0 Å². The Labute approximate surface area is 173 Å². The maximum Gasteiger partial charge on any atom is 0.411 e. The fourth-order valence-corrected chi connectivity index (χ4v) is 4.41. The number of ether oxygens (including phenoxy) is 1. The summed E-state index contributed by atoms with van der Waals surface area (Å²) >= 11 is 3.53. The van der Waals surface area contributed by atoms with Crippen LogP contribution in [-0.4, -0.2) is 32.6 Å². The van der Waals surface area contributed by atoms with E-state index in [1.54, 1.807) is 0 Å². The van der Waals surface area contributed by atoms with E-state index in [0.29, 0.717) is 5.92 Å². The van der Waals surface area contributed by atoms with E-state index in [1.807, 2.05) is 37.8 Å². The molecule has 0 radical (unpaired) electrons. The van der Waals surface area contributed by atoms with Crippen LogP contribution < -0.4 is 0 Å². The summed E-state index contributed by atoms with van der Waals surface area (Å²) in [5.41, 5.74) is 1.41. The van der Waals surface area contributed by atoms with E-state index in [4.69, 9.17) is 9.72 Å². The van der Waals surface area contributed by atoms with Gasteiger partial charge in [-0.3, -0.25) is 4.90 Å². The Hall–Kier alpha value is -2.08. The van der Waals surface area contributed by atoms with Crippen molar-refractivity contribution in [2.45, 2.75) is 58.7 Å². The first-order valence-corrected chi connectivity index (χ1v) is 10.5. The highest BCUT2D eigenvalue weighted by molar-refractivity contribution is 9.10. The number of nitrogens with one attached hydrogen (secondary N) is 1. The fraction of sp³-hybridized carbons (Fsp3) is 0.455. The van der Waals surface area contributed by atoms with Crippen molar-refractivity contribution in [2.24, 2.45) is 5.92 Å². The van der Waals surface area contributed by atoms with E-state index in [2.05, 4.69) is 53.0 Å². The summed E-state index contributed by atoms with van der Waals surface area (Å²) in [6.07, 6.45) is 0.590. The Morgan fingerprint density at radius 2 is 2.00 bits per heavy atom. The van der Waals surface area contributed by atoms with Crippen molar-refractivity contribution >= 4 is 43.8 Å². The third kappa shape index (κ3) is 3.39. The number of carbonyl (C=O) groups excluding carboxylic acids is 1. The van der Waals surface area contributed by atoms with Gasteiger partial charge in [-0.15, -0.1) is 0 Å². The van der Waals surface area contributed by atoms with Crippen LogP contribution in [0.4, 0.5) is 4.79 Å². The molecule has 0 spiro atoms. The molecule has 1 aliphatic heterocycles. The van der Waals surface area contributed by atoms with E-state index in [9.17, 15) is 4.79 Å². The molecule has 0 aliphatic carbocycles. The number of carbonyl (C=O) groups is 1. The number of likely N-dealkylation sites (tertiary alicyclic amines) is 1. The van der Waals surface area contributed by atoms with Gasteiger partial charge in [0.1, 0.15) is 11.4 Å². The number of hydrogen-bond donors (Lipinski definition) is 1. The lowest BCUT2D eigenvalue weighted by Gasteiger charge is -2.31. The number of imidazole rings is 1. The zero-order valence-electron chi connectivity index (χ0n) is 16.9. The minimum absolute atomic E-state index is 0.0979. The third-order valence-electron chi connectivity index (χ3n) is 5.57. The smallest absolute Gasteiger partial charge is 0.411 e. The lowest BCUT2D eigenvalue weighted by molar-refractivity contribution is 0.0140. The Balaban J connectivity index is 1.76. The molecule has 1 aromatic heterocycles. The molecule has 1 N–H and O–H groups in total. The molecular weight excluding hydrogens is 418 g/mol.